The fourth-order valence-electron chi connectivity index (χ4n) is 3.57. The van der Waals surface area contributed by atoms with Crippen LogP contribution in [-0.2, 0) is 0 Å². The molecular formula is C17H26ClN3O. The van der Waals surface area contributed by atoms with Gasteiger partial charge < -0.3 is 15.5 Å². The van der Waals surface area contributed by atoms with Crippen molar-refractivity contribution in [2.75, 3.05) is 31.5 Å². The van der Waals surface area contributed by atoms with E-state index in [9.17, 15) is 4.79 Å². The summed E-state index contributed by atoms with van der Waals surface area (Å²) >= 11 is 0. The lowest BCUT2D eigenvalue weighted by Gasteiger charge is -2.44. The molecule has 5 heteroatoms. The number of nitrogens with zero attached hydrogens (tertiary/aromatic N) is 1. The quantitative estimate of drug-likeness (QED) is 0.831. The second-order valence-electron chi connectivity index (χ2n) is 6.54. The van der Waals surface area contributed by atoms with E-state index in [0.717, 1.165) is 44.7 Å². The van der Waals surface area contributed by atoms with Crippen LogP contribution in [0.5, 0.6) is 0 Å². The Labute approximate surface area is 139 Å². The molecule has 0 radical (unpaired) electrons. The van der Waals surface area contributed by atoms with Crippen molar-refractivity contribution in [1.29, 1.82) is 0 Å². The van der Waals surface area contributed by atoms with Crippen LogP contribution in [-0.4, -0.2) is 37.1 Å². The van der Waals surface area contributed by atoms with Crippen LogP contribution in [0.4, 0.5) is 10.5 Å². The highest BCUT2D eigenvalue weighted by Crippen LogP contribution is 2.39. The Morgan fingerprint density at radius 3 is 2.50 bits per heavy atom. The van der Waals surface area contributed by atoms with E-state index >= 15 is 0 Å². The molecule has 1 aromatic carbocycles. The van der Waals surface area contributed by atoms with Gasteiger partial charge in [-0.25, -0.2) is 4.79 Å². The zero-order valence-electron chi connectivity index (χ0n) is 13.2. The van der Waals surface area contributed by atoms with Gasteiger partial charge >= 0.3 is 6.03 Å². The number of likely N-dealkylation sites (tertiary alicyclic amines) is 1. The summed E-state index contributed by atoms with van der Waals surface area (Å²) in [6, 6.07) is 8.02. The first kappa shape index (κ1) is 17.1. The number of nitrogens with one attached hydrogen (secondary N) is 2. The molecule has 2 saturated heterocycles. The molecule has 0 unspecified atom stereocenters. The zero-order valence-corrected chi connectivity index (χ0v) is 14.0. The number of piperidine rings is 2. The Kier molecular flexibility index (Phi) is 5.70. The standard InChI is InChI=1S/C17H25N3O.ClH/c1-14-3-2-4-15(13-14)19-16(21)20-11-7-17(8-12-20)5-9-18-10-6-17;/h2-4,13,18H,5-12H2,1H3,(H,19,21);1H. The number of halogens is 1. The Morgan fingerprint density at radius 2 is 1.86 bits per heavy atom. The second kappa shape index (κ2) is 7.34. The van der Waals surface area contributed by atoms with Crippen molar-refractivity contribution in [3.05, 3.63) is 29.8 Å². The molecule has 2 heterocycles. The molecule has 122 valence electrons. The van der Waals surface area contributed by atoms with Crippen LogP contribution in [0.1, 0.15) is 31.2 Å². The average molecular weight is 324 g/mol. The van der Waals surface area contributed by atoms with E-state index in [-0.39, 0.29) is 18.4 Å². The lowest BCUT2D eigenvalue weighted by molar-refractivity contribution is 0.0915. The molecule has 2 amide bonds. The molecule has 0 saturated carbocycles. The number of anilines is 1. The van der Waals surface area contributed by atoms with Crippen LogP contribution < -0.4 is 10.6 Å². The van der Waals surface area contributed by atoms with Crippen LogP contribution in [0.25, 0.3) is 0 Å². The molecule has 4 nitrogen and oxygen atoms in total. The molecule has 2 N–H and O–H groups in total. The second-order valence-corrected chi connectivity index (χ2v) is 6.54. The molecule has 0 bridgehead atoms. The van der Waals surface area contributed by atoms with Crippen LogP contribution in [0, 0.1) is 12.3 Å². The molecule has 1 spiro atoms. The molecular weight excluding hydrogens is 298 g/mol. The van der Waals surface area contributed by atoms with Crippen molar-refractivity contribution in [3.63, 3.8) is 0 Å². The van der Waals surface area contributed by atoms with Gasteiger partial charge in [0.15, 0.2) is 0 Å². The normalized spacial score (nSPS) is 20.3. The number of hydrogen-bond acceptors (Lipinski definition) is 2. The first-order chi connectivity index (χ1) is 10.2. The summed E-state index contributed by atoms with van der Waals surface area (Å²) in [5.41, 5.74) is 2.55. The van der Waals surface area contributed by atoms with Gasteiger partial charge in [0, 0.05) is 18.8 Å². The molecule has 2 aliphatic rings. The smallest absolute Gasteiger partial charge is 0.321 e. The van der Waals surface area contributed by atoms with E-state index < -0.39 is 0 Å². The first-order valence-electron chi connectivity index (χ1n) is 8.00. The van der Waals surface area contributed by atoms with Crippen LogP contribution >= 0.6 is 12.4 Å². The number of rotatable bonds is 1. The SMILES string of the molecule is Cc1cccc(NC(=O)N2CCC3(CCNCC3)CC2)c1.Cl. The summed E-state index contributed by atoms with van der Waals surface area (Å²) in [6.45, 7) is 6.08. The predicted molar refractivity (Wildman–Crippen MR) is 92.8 cm³/mol. The monoisotopic (exact) mass is 323 g/mol. The summed E-state index contributed by atoms with van der Waals surface area (Å²) in [5.74, 6) is 0. The first-order valence-corrected chi connectivity index (χ1v) is 8.00. The number of carbonyl (C=O) groups excluding carboxylic acids is 1. The summed E-state index contributed by atoms with van der Waals surface area (Å²) in [5, 5.41) is 6.45. The third-order valence-electron chi connectivity index (χ3n) is 5.04. The van der Waals surface area contributed by atoms with Crippen molar-refractivity contribution in [2.45, 2.75) is 32.6 Å². The highest BCUT2D eigenvalue weighted by molar-refractivity contribution is 5.89. The van der Waals surface area contributed by atoms with Gasteiger partial charge in [0.2, 0.25) is 0 Å². The Hall–Kier alpha value is -1.26. The highest BCUT2D eigenvalue weighted by atomic mass is 35.5. The largest absolute Gasteiger partial charge is 0.324 e. The zero-order chi connectivity index (χ0) is 14.7. The van der Waals surface area contributed by atoms with Crippen LogP contribution in [0.3, 0.4) is 0 Å². The van der Waals surface area contributed by atoms with Gasteiger partial charge in [-0.2, -0.15) is 0 Å². The van der Waals surface area contributed by atoms with E-state index in [0.29, 0.717) is 5.41 Å². The van der Waals surface area contributed by atoms with Gasteiger partial charge in [-0.15, -0.1) is 12.4 Å². The number of urea groups is 1. The van der Waals surface area contributed by atoms with E-state index in [1.54, 1.807) is 0 Å². The summed E-state index contributed by atoms with van der Waals surface area (Å²) in [4.78, 5) is 14.3. The lowest BCUT2D eigenvalue weighted by Crippen LogP contribution is -2.48. The fourth-order valence-corrected chi connectivity index (χ4v) is 3.57. The summed E-state index contributed by atoms with van der Waals surface area (Å²) in [6.07, 6.45) is 4.83. The molecule has 2 fully saturated rings. The lowest BCUT2D eigenvalue weighted by atomic mass is 9.72. The number of carbonyl (C=O) groups is 1. The molecule has 0 aliphatic carbocycles. The molecule has 3 rings (SSSR count). The molecule has 0 atom stereocenters. The minimum absolute atomic E-state index is 0. The Bertz CT molecular complexity index is 504. The van der Waals surface area contributed by atoms with Crippen molar-refractivity contribution in [1.82, 2.24) is 10.2 Å². The van der Waals surface area contributed by atoms with Gasteiger partial charge in [-0.05, 0) is 68.8 Å². The number of amides is 2. The fraction of sp³-hybridized carbons (Fsp3) is 0.588. The number of hydrogen-bond donors (Lipinski definition) is 2. The Balaban J connectivity index is 0.00000176. The van der Waals surface area contributed by atoms with Crippen molar-refractivity contribution in [2.24, 2.45) is 5.41 Å². The average Bonchev–Trinajstić information content (AvgIpc) is 2.49. The van der Waals surface area contributed by atoms with Gasteiger partial charge in [0.1, 0.15) is 0 Å². The van der Waals surface area contributed by atoms with Gasteiger partial charge in [0.05, 0.1) is 0 Å². The topological polar surface area (TPSA) is 44.4 Å². The van der Waals surface area contributed by atoms with Gasteiger partial charge in [-0.1, -0.05) is 12.1 Å². The summed E-state index contributed by atoms with van der Waals surface area (Å²) in [7, 11) is 0. The van der Waals surface area contributed by atoms with Crippen molar-refractivity contribution < 1.29 is 4.79 Å². The van der Waals surface area contributed by atoms with E-state index in [1.807, 2.05) is 36.1 Å². The van der Waals surface area contributed by atoms with Crippen LogP contribution in [0.2, 0.25) is 0 Å². The number of benzene rings is 1. The van der Waals surface area contributed by atoms with E-state index in [1.165, 1.54) is 18.4 Å². The molecule has 1 aromatic rings. The summed E-state index contributed by atoms with van der Waals surface area (Å²) < 4.78 is 0. The Morgan fingerprint density at radius 1 is 1.18 bits per heavy atom. The van der Waals surface area contributed by atoms with Crippen LogP contribution in [0.15, 0.2) is 24.3 Å². The van der Waals surface area contributed by atoms with E-state index in [4.69, 9.17) is 0 Å². The highest BCUT2D eigenvalue weighted by Gasteiger charge is 2.36. The maximum atomic E-state index is 12.4. The third kappa shape index (κ3) is 3.93. The molecule has 2 aliphatic heterocycles. The maximum Gasteiger partial charge on any atom is 0.321 e. The van der Waals surface area contributed by atoms with Gasteiger partial charge in [0.25, 0.3) is 0 Å². The molecule has 22 heavy (non-hydrogen) atoms. The minimum Gasteiger partial charge on any atom is -0.324 e. The number of aryl methyl sites for hydroxylation is 1. The van der Waals surface area contributed by atoms with E-state index in [2.05, 4.69) is 10.6 Å². The third-order valence-corrected chi connectivity index (χ3v) is 5.04. The maximum absolute atomic E-state index is 12.4. The minimum atomic E-state index is 0. The van der Waals surface area contributed by atoms with Crippen molar-refractivity contribution in [3.8, 4) is 0 Å². The predicted octanol–water partition coefficient (Wildman–Crippen LogP) is 3.41. The van der Waals surface area contributed by atoms with Gasteiger partial charge in [-0.3, -0.25) is 0 Å². The molecule has 0 aromatic heterocycles. The van der Waals surface area contributed by atoms with Crippen molar-refractivity contribution >= 4 is 24.1 Å².